The molecule has 0 unspecified atom stereocenters. The summed E-state index contributed by atoms with van der Waals surface area (Å²) in [6, 6.07) is 15.1. The number of nitrogens with one attached hydrogen (secondary N) is 1. The van der Waals surface area contributed by atoms with Gasteiger partial charge in [-0.05, 0) is 49.6 Å². The second-order valence-electron chi connectivity index (χ2n) is 6.33. The summed E-state index contributed by atoms with van der Waals surface area (Å²) >= 11 is 3.46. The molecule has 0 saturated heterocycles. The van der Waals surface area contributed by atoms with Gasteiger partial charge in [-0.25, -0.2) is 0 Å². The lowest BCUT2D eigenvalue weighted by molar-refractivity contribution is -0.140. The zero-order chi connectivity index (χ0) is 19.1. The van der Waals surface area contributed by atoms with Crippen LogP contribution in [0.1, 0.15) is 30.5 Å². The van der Waals surface area contributed by atoms with Gasteiger partial charge in [0.05, 0.1) is 6.42 Å². The fourth-order valence-electron chi connectivity index (χ4n) is 2.81. The van der Waals surface area contributed by atoms with Gasteiger partial charge in [0, 0.05) is 17.6 Å². The summed E-state index contributed by atoms with van der Waals surface area (Å²) in [6.07, 6.45) is 0.282. The van der Waals surface area contributed by atoms with E-state index in [1.54, 1.807) is 11.8 Å². The van der Waals surface area contributed by atoms with Crippen molar-refractivity contribution >= 4 is 27.7 Å². The molecule has 2 aromatic carbocycles. The Kier molecular flexibility index (Phi) is 7.39. The second-order valence-corrected chi connectivity index (χ2v) is 7.24. The number of aryl methyl sites for hydroxylation is 1. The molecule has 0 saturated carbocycles. The molecule has 2 amide bonds. The van der Waals surface area contributed by atoms with Crippen LogP contribution in [0.4, 0.5) is 0 Å². The van der Waals surface area contributed by atoms with E-state index in [-0.39, 0.29) is 18.2 Å². The Morgan fingerprint density at radius 2 is 1.88 bits per heavy atom. The Labute approximate surface area is 163 Å². The normalized spacial score (nSPS) is 11.7. The highest BCUT2D eigenvalue weighted by Gasteiger charge is 2.26. The predicted molar refractivity (Wildman–Crippen MR) is 108 cm³/mol. The number of nitrogens with zero attached hydrogens (tertiary/aromatic N) is 1. The molecule has 0 aliphatic carbocycles. The van der Waals surface area contributed by atoms with E-state index in [0.29, 0.717) is 13.1 Å². The molecule has 0 aliphatic heterocycles. The van der Waals surface area contributed by atoms with Gasteiger partial charge in [-0.3, -0.25) is 9.59 Å². The van der Waals surface area contributed by atoms with Crippen molar-refractivity contribution in [2.24, 2.45) is 0 Å². The number of carbonyl (C=O) groups is 2. The lowest BCUT2D eigenvalue weighted by atomic mass is 10.0. The largest absolute Gasteiger partial charge is 0.355 e. The van der Waals surface area contributed by atoms with Crippen molar-refractivity contribution in [2.45, 2.75) is 39.8 Å². The van der Waals surface area contributed by atoms with E-state index in [1.165, 1.54) is 0 Å². The minimum absolute atomic E-state index is 0.0574. The van der Waals surface area contributed by atoms with E-state index in [1.807, 2.05) is 62.4 Å². The fourth-order valence-corrected chi connectivity index (χ4v) is 3.26. The van der Waals surface area contributed by atoms with Crippen molar-refractivity contribution in [1.29, 1.82) is 0 Å². The van der Waals surface area contributed by atoms with Crippen LogP contribution in [-0.4, -0.2) is 29.3 Å². The molecule has 0 fully saturated rings. The topological polar surface area (TPSA) is 49.4 Å². The third-order valence-corrected chi connectivity index (χ3v) is 4.86. The SMILES string of the molecule is CCNC(=O)[C@H](C)N(Cc1cccc(Br)c1)C(=O)Cc1ccccc1C. The van der Waals surface area contributed by atoms with E-state index < -0.39 is 6.04 Å². The number of hydrogen-bond acceptors (Lipinski definition) is 2. The summed E-state index contributed by atoms with van der Waals surface area (Å²) in [7, 11) is 0. The molecule has 26 heavy (non-hydrogen) atoms. The minimum atomic E-state index is -0.537. The third-order valence-electron chi connectivity index (χ3n) is 4.36. The lowest BCUT2D eigenvalue weighted by Gasteiger charge is -2.29. The molecule has 0 aliphatic rings. The number of benzene rings is 2. The first-order valence-corrected chi connectivity index (χ1v) is 9.57. The van der Waals surface area contributed by atoms with Gasteiger partial charge in [0.25, 0.3) is 0 Å². The molecule has 1 atom stereocenters. The number of halogens is 1. The first kappa shape index (κ1) is 20.2. The van der Waals surface area contributed by atoms with Crippen molar-refractivity contribution in [2.75, 3.05) is 6.54 Å². The number of hydrogen-bond donors (Lipinski definition) is 1. The van der Waals surface area contributed by atoms with Crippen molar-refractivity contribution in [3.05, 3.63) is 69.7 Å². The average molecular weight is 417 g/mol. The third kappa shape index (κ3) is 5.43. The molecular formula is C21H25BrN2O2. The molecule has 5 heteroatoms. The molecule has 1 N–H and O–H groups in total. The van der Waals surface area contributed by atoms with Gasteiger partial charge >= 0.3 is 0 Å². The van der Waals surface area contributed by atoms with Crippen LogP contribution >= 0.6 is 15.9 Å². The first-order chi connectivity index (χ1) is 12.4. The van der Waals surface area contributed by atoms with Crippen molar-refractivity contribution in [1.82, 2.24) is 10.2 Å². The second kappa shape index (κ2) is 9.53. The van der Waals surface area contributed by atoms with Gasteiger partial charge < -0.3 is 10.2 Å². The lowest BCUT2D eigenvalue weighted by Crippen LogP contribution is -2.48. The smallest absolute Gasteiger partial charge is 0.242 e. The van der Waals surface area contributed by atoms with E-state index in [4.69, 9.17) is 0 Å². The highest BCUT2D eigenvalue weighted by atomic mass is 79.9. The Hall–Kier alpha value is -2.14. The quantitative estimate of drug-likeness (QED) is 0.744. The number of carbonyl (C=O) groups excluding carboxylic acids is 2. The van der Waals surface area contributed by atoms with E-state index in [2.05, 4.69) is 21.2 Å². The van der Waals surface area contributed by atoms with E-state index >= 15 is 0 Å². The van der Waals surface area contributed by atoms with E-state index in [9.17, 15) is 9.59 Å². The van der Waals surface area contributed by atoms with Crippen molar-refractivity contribution < 1.29 is 9.59 Å². The number of likely N-dealkylation sites (N-methyl/N-ethyl adjacent to an activating group) is 1. The zero-order valence-corrected chi connectivity index (χ0v) is 17.0. The standard InChI is InChI=1S/C21H25BrN2O2/c1-4-23-21(26)16(3)24(14-17-9-7-11-19(22)12-17)20(25)13-18-10-6-5-8-15(18)2/h5-12,16H,4,13-14H2,1-3H3,(H,23,26)/t16-/m0/s1. The molecule has 4 nitrogen and oxygen atoms in total. The Balaban J connectivity index is 2.25. The molecule has 0 radical (unpaired) electrons. The average Bonchev–Trinajstić information content (AvgIpc) is 2.61. The summed E-state index contributed by atoms with van der Waals surface area (Å²) in [5.74, 6) is -0.196. The van der Waals surface area contributed by atoms with Crippen LogP contribution < -0.4 is 5.32 Å². The van der Waals surface area contributed by atoms with Crippen LogP contribution in [0.25, 0.3) is 0 Å². The Morgan fingerprint density at radius 3 is 2.54 bits per heavy atom. The maximum absolute atomic E-state index is 13.0. The summed E-state index contributed by atoms with van der Waals surface area (Å²) in [4.78, 5) is 27.0. The Morgan fingerprint density at radius 1 is 1.15 bits per heavy atom. The highest BCUT2D eigenvalue weighted by Crippen LogP contribution is 2.17. The van der Waals surface area contributed by atoms with Crippen LogP contribution in [-0.2, 0) is 22.6 Å². The van der Waals surface area contributed by atoms with E-state index in [0.717, 1.165) is 21.2 Å². The van der Waals surface area contributed by atoms with Crippen molar-refractivity contribution in [3.8, 4) is 0 Å². The predicted octanol–water partition coefficient (Wildman–Crippen LogP) is 3.85. The Bertz CT molecular complexity index is 776. The van der Waals surface area contributed by atoms with Crippen LogP contribution in [0.3, 0.4) is 0 Å². The van der Waals surface area contributed by atoms with Gasteiger partial charge in [0.2, 0.25) is 11.8 Å². The van der Waals surface area contributed by atoms with Gasteiger partial charge in [0.1, 0.15) is 6.04 Å². The van der Waals surface area contributed by atoms with Gasteiger partial charge in [-0.15, -0.1) is 0 Å². The molecule has 138 valence electrons. The monoisotopic (exact) mass is 416 g/mol. The fraction of sp³-hybridized carbons (Fsp3) is 0.333. The summed E-state index contributed by atoms with van der Waals surface area (Å²) in [6.45, 7) is 6.58. The summed E-state index contributed by atoms with van der Waals surface area (Å²) in [5.41, 5.74) is 3.04. The van der Waals surface area contributed by atoms with Crippen molar-refractivity contribution in [3.63, 3.8) is 0 Å². The number of amides is 2. The van der Waals surface area contributed by atoms with Crippen LogP contribution in [0, 0.1) is 6.92 Å². The van der Waals surface area contributed by atoms with Gasteiger partial charge in [0.15, 0.2) is 0 Å². The molecule has 2 aromatic rings. The first-order valence-electron chi connectivity index (χ1n) is 8.78. The van der Waals surface area contributed by atoms with Crippen LogP contribution in [0.15, 0.2) is 53.0 Å². The number of rotatable bonds is 7. The maximum atomic E-state index is 13.0. The summed E-state index contributed by atoms with van der Waals surface area (Å²) in [5, 5.41) is 2.81. The molecule has 0 bridgehead atoms. The molecular weight excluding hydrogens is 392 g/mol. The molecule has 0 heterocycles. The molecule has 0 spiro atoms. The highest BCUT2D eigenvalue weighted by molar-refractivity contribution is 9.10. The van der Waals surface area contributed by atoms with Gasteiger partial charge in [-0.1, -0.05) is 52.3 Å². The maximum Gasteiger partial charge on any atom is 0.242 e. The zero-order valence-electron chi connectivity index (χ0n) is 15.5. The van der Waals surface area contributed by atoms with Crippen LogP contribution in [0.2, 0.25) is 0 Å². The minimum Gasteiger partial charge on any atom is -0.355 e. The molecule has 0 aromatic heterocycles. The van der Waals surface area contributed by atoms with Crippen LogP contribution in [0.5, 0.6) is 0 Å². The summed E-state index contributed by atoms with van der Waals surface area (Å²) < 4.78 is 0.951. The molecule has 2 rings (SSSR count). The van der Waals surface area contributed by atoms with Gasteiger partial charge in [-0.2, -0.15) is 0 Å².